The number of nitrogens with one attached hydrogen (secondary N) is 2. The normalized spacial score (nSPS) is 18.4. The first kappa shape index (κ1) is 22.9. The fourth-order valence-electron chi connectivity index (χ4n) is 3.46. The van der Waals surface area contributed by atoms with E-state index in [1.54, 1.807) is 12.1 Å². The van der Waals surface area contributed by atoms with Crippen LogP contribution in [0.2, 0.25) is 0 Å². The molecule has 2 atom stereocenters. The molecule has 1 aliphatic rings. The molecule has 0 aliphatic carbocycles. The van der Waals surface area contributed by atoms with E-state index in [1.807, 2.05) is 18.2 Å². The Morgan fingerprint density at radius 1 is 1.07 bits per heavy atom. The fraction of sp³-hybridized carbons (Fsp3) is 0.250. The van der Waals surface area contributed by atoms with Crippen molar-refractivity contribution in [3.05, 3.63) is 71.6 Å². The lowest BCUT2D eigenvalue weighted by Gasteiger charge is -2.33. The standard InChI is InChI=1S/C20H18F2N4O.2ClH/c21-14-6-5-12(9-15(14)22)13-7-8-23-10-18(13)26-20(27)19-11-24-16-3-1-2-4-17(16)25-19;;/h1-6,9,11,13,18,23H,7-8,10H2,(H,26,27);2*1H. The number of hydrogen-bond donors (Lipinski definition) is 2. The lowest BCUT2D eigenvalue weighted by atomic mass is 9.86. The summed E-state index contributed by atoms with van der Waals surface area (Å²) in [5.41, 5.74) is 2.26. The third kappa shape index (κ3) is 4.98. The van der Waals surface area contributed by atoms with E-state index in [9.17, 15) is 13.6 Å². The van der Waals surface area contributed by atoms with Gasteiger partial charge in [0.1, 0.15) is 5.69 Å². The first-order valence-electron chi connectivity index (χ1n) is 8.80. The molecular weight excluding hydrogens is 421 g/mol. The summed E-state index contributed by atoms with van der Waals surface area (Å²) < 4.78 is 26.9. The van der Waals surface area contributed by atoms with Gasteiger partial charge in [0.2, 0.25) is 0 Å². The van der Waals surface area contributed by atoms with Crippen LogP contribution in [0, 0.1) is 11.6 Å². The van der Waals surface area contributed by atoms with Gasteiger partial charge in [-0.05, 0) is 42.8 Å². The van der Waals surface area contributed by atoms with Crippen molar-refractivity contribution in [1.29, 1.82) is 0 Å². The average molecular weight is 441 g/mol. The molecule has 2 unspecified atom stereocenters. The maximum Gasteiger partial charge on any atom is 0.271 e. The molecule has 5 nitrogen and oxygen atoms in total. The molecule has 3 aromatic rings. The molecule has 0 bridgehead atoms. The van der Waals surface area contributed by atoms with Gasteiger partial charge in [0, 0.05) is 18.5 Å². The molecular formula is C20H20Cl2F2N4O. The summed E-state index contributed by atoms with van der Waals surface area (Å²) in [6.45, 7) is 1.28. The van der Waals surface area contributed by atoms with Crippen LogP contribution >= 0.6 is 24.8 Å². The lowest BCUT2D eigenvalue weighted by Crippen LogP contribution is -2.50. The third-order valence-corrected chi connectivity index (χ3v) is 4.85. The summed E-state index contributed by atoms with van der Waals surface area (Å²) in [6.07, 6.45) is 2.15. The van der Waals surface area contributed by atoms with Gasteiger partial charge in [0.05, 0.1) is 17.2 Å². The number of rotatable bonds is 3. The highest BCUT2D eigenvalue weighted by Crippen LogP contribution is 2.27. The molecule has 0 saturated carbocycles. The van der Waals surface area contributed by atoms with E-state index in [4.69, 9.17) is 0 Å². The van der Waals surface area contributed by atoms with Crippen molar-refractivity contribution >= 4 is 41.8 Å². The predicted octanol–water partition coefficient (Wildman–Crippen LogP) is 3.63. The van der Waals surface area contributed by atoms with Crippen LogP contribution in [0.15, 0.2) is 48.7 Å². The molecule has 1 amide bonds. The number of hydrogen-bond acceptors (Lipinski definition) is 4. The van der Waals surface area contributed by atoms with Crippen molar-refractivity contribution in [2.24, 2.45) is 0 Å². The Morgan fingerprint density at radius 3 is 2.59 bits per heavy atom. The summed E-state index contributed by atoms with van der Waals surface area (Å²) in [7, 11) is 0. The second-order valence-corrected chi connectivity index (χ2v) is 6.60. The maximum absolute atomic E-state index is 13.6. The SMILES string of the molecule is Cl.Cl.O=C(NC1CNCCC1c1ccc(F)c(F)c1)c1cnc2ccccc2n1. The van der Waals surface area contributed by atoms with Gasteiger partial charge in [-0.15, -0.1) is 24.8 Å². The Kier molecular flexibility index (Phi) is 7.84. The van der Waals surface area contributed by atoms with Crippen LogP contribution in [0.1, 0.15) is 28.4 Å². The van der Waals surface area contributed by atoms with Gasteiger partial charge in [-0.1, -0.05) is 18.2 Å². The molecule has 1 aromatic heterocycles. The Balaban J connectivity index is 0.00000150. The van der Waals surface area contributed by atoms with Crippen molar-refractivity contribution in [3.63, 3.8) is 0 Å². The molecule has 154 valence electrons. The van der Waals surface area contributed by atoms with Gasteiger partial charge in [-0.2, -0.15) is 0 Å². The largest absolute Gasteiger partial charge is 0.346 e. The maximum atomic E-state index is 13.6. The number of nitrogens with zero attached hydrogens (tertiary/aromatic N) is 2. The molecule has 0 radical (unpaired) electrons. The van der Waals surface area contributed by atoms with Crippen molar-refractivity contribution in [2.45, 2.75) is 18.4 Å². The highest BCUT2D eigenvalue weighted by molar-refractivity contribution is 5.94. The van der Waals surface area contributed by atoms with Crippen molar-refractivity contribution in [1.82, 2.24) is 20.6 Å². The number of benzene rings is 2. The highest BCUT2D eigenvalue weighted by atomic mass is 35.5. The predicted molar refractivity (Wildman–Crippen MR) is 112 cm³/mol. The first-order chi connectivity index (χ1) is 13.1. The van der Waals surface area contributed by atoms with Crippen LogP contribution in [0.3, 0.4) is 0 Å². The van der Waals surface area contributed by atoms with E-state index in [-0.39, 0.29) is 48.4 Å². The molecule has 2 heterocycles. The molecule has 1 saturated heterocycles. The van der Waals surface area contributed by atoms with Gasteiger partial charge < -0.3 is 10.6 Å². The Bertz CT molecular complexity index is 1010. The Morgan fingerprint density at radius 2 is 1.83 bits per heavy atom. The number of piperidine rings is 1. The average Bonchev–Trinajstić information content (AvgIpc) is 2.70. The number of carbonyl (C=O) groups is 1. The van der Waals surface area contributed by atoms with E-state index in [1.165, 1.54) is 12.3 Å². The molecule has 29 heavy (non-hydrogen) atoms. The van der Waals surface area contributed by atoms with E-state index in [2.05, 4.69) is 20.6 Å². The van der Waals surface area contributed by atoms with Crippen LogP contribution in [-0.2, 0) is 0 Å². The van der Waals surface area contributed by atoms with E-state index < -0.39 is 11.6 Å². The summed E-state index contributed by atoms with van der Waals surface area (Å²) in [5, 5.41) is 6.19. The zero-order valence-electron chi connectivity index (χ0n) is 15.3. The summed E-state index contributed by atoms with van der Waals surface area (Å²) in [4.78, 5) is 21.3. The topological polar surface area (TPSA) is 66.9 Å². The molecule has 2 aromatic carbocycles. The molecule has 9 heteroatoms. The van der Waals surface area contributed by atoms with E-state index >= 15 is 0 Å². The van der Waals surface area contributed by atoms with Crippen molar-refractivity contribution < 1.29 is 13.6 Å². The van der Waals surface area contributed by atoms with Crippen LogP contribution in [0.4, 0.5) is 8.78 Å². The molecule has 2 N–H and O–H groups in total. The van der Waals surface area contributed by atoms with E-state index in [0.29, 0.717) is 29.6 Å². The molecule has 1 fully saturated rings. The van der Waals surface area contributed by atoms with Gasteiger partial charge >= 0.3 is 0 Å². The van der Waals surface area contributed by atoms with Crippen LogP contribution in [0.25, 0.3) is 11.0 Å². The highest BCUT2D eigenvalue weighted by Gasteiger charge is 2.29. The van der Waals surface area contributed by atoms with Crippen molar-refractivity contribution in [2.75, 3.05) is 13.1 Å². The third-order valence-electron chi connectivity index (χ3n) is 4.85. The minimum atomic E-state index is -0.878. The van der Waals surface area contributed by atoms with Gasteiger partial charge in [-0.25, -0.2) is 13.8 Å². The van der Waals surface area contributed by atoms with Crippen LogP contribution in [0.5, 0.6) is 0 Å². The number of carbonyl (C=O) groups excluding carboxylic acids is 1. The quantitative estimate of drug-likeness (QED) is 0.652. The van der Waals surface area contributed by atoms with Crippen LogP contribution in [-0.4, -0.2) is 35.0 Å². The zero-order valence-corrected chi connectivity index (χ0v) is 16.9. The van der Waals surface area contributed by atoms with Gasteiger partial charge in [0.25, 0.3) is 5.91 Å². The van der Waals surface area contributed by atoms with Gasteiger partial charge in [-0.3, -0.25) is 9.78 Å². The minimum absolute atomic E-state index is 0. The summed E-state index contributed by atoms with van der Waals surface area (Å²) in [6, 6.07) is 11.0. The second kappa shape index (κ2) is 9.91. The van der Waals surface area contributed by atoms with Crippen LogP contribution < -0.4 is 10.6 Å². The van der Waals surface area contributed by atoms with Crippen molar-refractivity contribution in [3.8, 4) is 0 Å². The van der Waals surface area contributed by atoms with E-state index in [0.717, 1.165) is 12.6 Å². The number of aromatic nitrogens is 2. The number of para-hydroxylation sites is 2. The van der Waals surface area contributed by atoms with Gasteiger partial charge in [0.15, 0.2) is 11.6 Å². The Hall–Kier alpha value is -2.35. The number of fused-ring (bicyclic) bond motifs is 1. The molecule has 4 rings (SSSR count). The summed E-state index contributed by atoms with van der Waals surface area (Å²) in [5.74, 6) is -2.20. The minimum Gasteiger partial charge on any atom is -0.346 e. The molecule has 0 spiro atoms. The second-order valence-electron chi connectivity index (χ2n) is 6.60. The Labute approximate surface area is 179 Å². The zero-order chi connectivity index (χ0) is 18.8. The smallest absolute Gasteiger partial charge is 0.271 e. The monoisotopic (exact) mass is 440 g/mol. The fourth-order valence-corrected chi connectivity index (χ4v) is 3.46. The number of halogens is 4. The lowest BCUT2D eigenvalue weighted by molar-refractivity contribution is 0.0919. The number of amides is 1. The first-order valence-corrected chi connectivity index (χ1v) is 8.80. The summed E-state index contributed by atoms with van der Waals surface area (Å²) >= 11 is 0. The molecule has 1 aliphatic heterocycles.